The smallest absolute Gasteiger partial charge is 0.131 e. The molecule has 96 valence electrons. The van der Waals surface area contributed by atoms with Gasteiger partial charge in [0.2, 0.25) is 0 Å². The number of hydrogen-bond donors (Lipinski definition) is 0. The number of aromatic nitrogens is 3. The van der Waals surface area contributed by atoms with Crippen molar-refractivity contribution in [1.82, 2.24) is 19.7 Å². The fraction of sp³-hybridized carbons (Fsp3) is 0.385. The van der Waals surface area contributed by atoms with Gasteiger partial charge in [-0.05, 0) is 31.7 Å². The lowest BCUT2D eigenvalue weighted by atomic mass is 10.2. The maximum Gasteiger partial charge on any atom is 0.131 e. The van der Waals surface area contributed by atoms with Gasteiger partial charge < -0.3 is 0 Å². The minimum Gasteiger partial charge on any atom is -0.298 e. The molecule has 18 heavy (non-hydrogen) atoms. The summed E-state index contributed by atoms with van der Waals surface area (Å²) in [6, 6.07) is 4.04. The van der Waals surface area contributed by atoms with Crippen LogP contribution in [0.2, 0.25) is 5.15 Å². The Hall–Kier alpha value is -1.39. The summed E-state index contributed by atoms with van der Waals surface area (Å²) in [5.41, 5.74) is 3.32. The van der Waals surface area contributed by atoms with Gasteiger partial charge in [0.25, 0.3) is 0 Å². The molecule has 0 unspecified atom stereocenters. The topological polar surface area (TPSA) is 34.0 Å². The van der Waals surface area contributed by atoms with Gasteiger partial charge in [0.05, 0.1) is 5.69 Å². The number of hydrogen-bond acceptors (Lipinski definition) is 3. The van der Waals surface area contributed by atoms with Crippen LogP contribution in [0.4, 0.5) is 0 Å². The Morgan fingerprint density at radius 1 is 1.28 bits per heavy atom. The summed E-state index contributed by atoms with van der Waals surface area (Å²) in [6.45, 7) is 3.65. The Kier molecular flexibility index (Phi) is 3.99. The largest absolute Gasteiger partial charge is 0.298 e. The molecule has 0 aromatic carbocycles. The van der Waals surface area contributed by atoms with Crippen LogP contribution in [0, 0.1) is 6.92 Å². The molecule has 0 aliphatic carbocycles. The molecule has 0 aliphatic heterocycles. The maximum absolute atomic E-state index is 6.22. The molecule has 0 saturated heterocycles. The first-order valence-corrected chi connectivity index (χ1v) is 6.21. The Labute approximate surface area is 112 Å². The lowest BCUT2D eigenvalue weighted by Crippen LogP contribution is -2.17. The molecule has 0 fully saturated rings. The molecule has 2 rings (SSSR count). The van der Waals surface area contributed by atoms with E-state index in [1.54, 1.807) is 4.68 Å². The van der Waals surface area contributed by atoms with Gasteiger partial charge in [-0.3, -0.25) is 14.6 Å². The van der Waals surface area contributed by atoms with Gasteiger partial charge in [0, 0.05) is 38.1 Å². The summed E-state index contributed by atoms with van der Waals surface area (Å²) in [5.74, 6) is 0. The highest BCUT2D eigenvalue weighted by atomic mass is 35.5. The second kappa shape index (κ2) is 5.50. The van der Waals surface area contributed by atoms with Gasteiger partial charge in [-0.2, -0.15) is 5.10 Å². The van der Waals surface area contributed by atoms with Crippen LogP contribution in [0.15, 0.2) is 24.5 Å². The monoisotopic (exact) mass is 264 g/mol. The lowest BCUT2D eigenvalue weighted by molar-refractivity contribution is 0.318. The SMILES string of the molecule is Cc1nn(C)c(Cl)c1CN(C)Cc1ccncc1. The van der Waals surface area contributed by atoms with Crippen molar-refractivity contribution in [2.45, 2.75) is 20.0 Å². The molecule has 2 heterocycles. The van der Waals surface area contributed by atoms with Crippen molar-refractivity contribution in [3.63, 3.8) is 0 Å². The molecular weight excluding hydrogens is 248 g/mol. The summed E-state index contributed by atoms with van der Waals surface area (Å²) < 4.78 is 1.71. The average Bonchev–Trinajstić information content (AvgIpc) is 2.57. The van der Waals surface area contributed by atoms with Gasteiger partial charge >= 0.3 is 0 Å². The number of aryl methyl sites for hydroxylation is 2. The summed E-state index contributed by atoms with van der Waals surface area (Å²) in [6.07, 6.45) is 3.62. The van der Waals surface area contributed by atoms with Gasteiger partial charge in [0.1, 0.15) is 5.15 Å². The zero-order chi connectivity index (χ0) is 13.1. The van der Waals surface area contributed by atoms with Crippen molar-refractivity contribution in [1.29, 1.82) is 0 Å². The molecule has 5 heteroatoms. The van der Waals surface area contributed by atoms with Crippen LogP contribution in [0.3, 0.4) is 0 Å². The predicted octanol–water partition coefficient (Wildman–Crippen LogP) is 2.41. The van der Waals surface area contributed by atoms with E-state index in [1.165, 1.54) is 5.56 Å². The molecule has 4 nitrogen and oxygen atoms in total. The third-order valence-corrected chi connectivity index (χ3v) is 3.37. The van der Waals surface area contributed by atoms with E-state index in [2.05, 4.69) is 22.0 Å². The third kappa shape index (κ3) is 2.89. The standard InChI is InChI=1S/C13H17ClN4/c1-10-12(13(14)18(3)16-10)9-17(2)8-11-4-6-15-7-5-11/h4-7H,8-9H2,1-3H3. The Morgan fingerprint density at radius 2 is 1.94 bits per heavy atom. The Balaban J connectivity index is 2.05. The maximum atomic E-state index is 6.22. The highest BCUT2D eigenvalue weighted by Crippen LogP contribution is 2.20. The van der Waals surface area contributed by atoms with E-state index in [4.69, 9.17) is 11.6 Å². The summed E-state index contributed by atoms with van der Waals surface area (Å²) in [5, 5.41) is 5.04. The molecule has 0 aliphatic rings. The van der Waals surface area contributed by atoms with Crippen molar-refractivity contribution < 1.29 is 0 Å². The second-order valence-electron chi connectivity index (χ2n) is 4.51. The quantitative estimate of drug-likeness (QED) is 0.850. The van der Waals surface area contributed by atoms with Crippen LogP contribution in [0.5, 0.6) is 0 Å². The van der Waals surface area contributed by atoms with Crippen molar-refractivity contribution in [2.24, 2.45) is 7.05 Å². The molecule has 0 N–H and O–H groups in total. The van der Waals surface area contributed by atoms with E-state index < -0.39 is 0 Å². The number of halogens is 1. The first-order valence-electron chi connectivity index (χ1n) is 5.83. The fourth-order valence-corrected chi connectivity index (χ4v) is 2.21. The lowest BCUT2D eigenvalue weighted by Gasteiger charge is -2.16. The molecule has 0 bridgehead atoms. The first-order chi connectivity index (χ1) is 8.58. The van der Waals surface area contributed by atoms with Gasteiger partial charge in [-0.1, -0.05) is 11.6 Å². The van der Waals surface area contributed by atoms with Gasteiger partial charge in [-0.25, -0.2) is 0 Å². The van der Waals surface area contributed by atoms with Gasteiger partial charge in [-0.15, -0.1) is 0 Å². The third-order valence-electron chi connectivity index (χ3n) is 2.90. The Bertz CT molecular complexity index is 521. The van der Waals surface area contributed by atoms with E-state index in [1.807, 2.05) is 38.5 Å². The molecular formula is C13H17ClN4. The number of pyridine rings is 1. The van der Waals surface area contributed by atoms with Crippen LogP contribution in [-0.4, -0.2) is 26.7 Å². The number of rotatable bonds is 4. The minimum atomic E-state index is 0.717. The molecule has 0 spiro atoms. The Morgan fingerprint density at radius 3 is 2.50 bits per heavy atom. The van der Waals surface area contributed by atoms with Crippen molar-refractivity contribution >= 4 is 11.6 Å². The number of nitrogens with zero attached hydrogens (tertiary/aromatic N) is 4. The molecule has 0 amide bonds. The van der Waals surface area contributed by atoms with Crippen LogP contribution < -0.4 is 0 Å². The normalized spacial score (nSPS) is 11.2. The van der Waals surface area contributed by atoms with Crippen LogP contribution >= 0.6 is 11.6 Å². The van der Waals surface area contributed by atoms with E-state index in [0.29, 0.717) is 5.15 Å². The van der Waals surface area contributed by atoms with E-state index in [9.17, 15) is 0 Å². The van der Waals surface area contributed by atoms with Crippen LogP contribution in [0.1, 0.15) is 16.8 Å². The van der Waals surface area contributed by atoms with Crippen LogP contribution in [-0.2, 0) is 20.1 Å². The summed E-state index contributed by atoms with van der Waals surface area (Å²) in [4.78, 5) is 6.23. The summed E-state index contributed by atoms with van der Waals surface area (Å²) >= 11 is 6.22. The summed E-state index contributed by atoms with van der Waals surface area (Å²) in [7, 11) is 3.94. The molecule has 0 radical (unpaired) electrons. The van der Waals surface area contributed by atoms with Crippen molar-refractivity contribution in [3.05, 3.63) is 46.5 Å². The average molecular weight is 265 g/mol. The van der Waals surface area contributed by atoms with E-state index >= 15 is 0 Å². The molecule has 2 aromatic rings. The molecule has 0 saturated carbocycles. The zero-order valence-electron chi connectivity index (χ0n) is 10.9. The first kappa shape index (κ1) is 13.1. The van der Waals surface area contributed by atoms with Crippen molar-refractivity contribution in [3.8, 4) is 0 Å². The second-order valence-corrected chi connectivity index (χ2v) is 4.86. The predicted molar refractivity (Wildman–Crippen MR) is 72.4 cm³/mol. The van der Waals surface area contributed by atoms with E-state index in [0.717, 1.165) is 24.3 Å². The van der Waals surface area contributed by atoms with Crippen LogP contribution in [0.25, 0.3) is 0 Å². The van der Waals surface area contributed by atoms with Gasteiger partial charge in [0.15, 0.2) is 0 Å². The van der Waals surface area contributed by atoms with Crippen molar-refractivity contribution in [2.75, 3.05) is 7.05 Å². The fourth-order valence-electron chi connectivity index (χ4n) is 1.98. The molecule has 0 atom stereocenters. The zero-order valence-corrected chi connectivity index (χ0v) is 11.6. The highest BCUT2D eigenvalue weighted by molar-refractivity contribution is 6.30. The highest BCUT2D eigenvalue weighted by Gasteiger charge is 2.13. The van der Waals surface area contributed by atoms with E-state index in [-0.39, 0.29) is 0 Å². The minimum absolute atomic E-state index is 0.717. The molecule has 2 aromatic heterocycles.